The number of hydrogen-bond acceptors (Lipinski definition) is 3. The molecule has 3 aliphatic carbocycles. The monoisotopic (exact) mass is 516 g/mol. The van der Waals surface area contributed by atoms with Crippen molar-refractivity contribution in [1.82, 2.24) is 0 Å². The summed E-state index contributed by atoms with van der Waals surface area (Å²) in [5.41, 5.74) is 15.7. The zero-order valence-electron chi connectivity index (χ0n) is 23.8. The highest BCUT2D eigenvalue weighted by molar-refractivity contribution is 5.67. The van der Waals surface area contributed by atoms with E-state index in [1.807, 2.05) is 0 Å². The third-order valence-electron chi connectivity index (χ3n) is 9.09. The topological polar surface area (TPSA) is 27.7 Å². The molecule has 0 amide bonds. The first-order valence-corrected chi connectivity index (χ1v) is 14.2. The molecule has 0 N–H and O–H groups in total. The van der Waals surface area contributed by atoms with Crippen molar-refractivity contribution >= 4 is 0 Å². The van der Waals surface area contributed by atoms with Crippen LogP contribution in [0.2, 0.25) is 0 Å². The fourth-order valence-corrected chi connectivity index (χ4v) is 6.96. The van der Waals surface area contributed by atoms with Crippen LogP contribution in [0, 0.1) is 41.5 Å². The summed E-state index contributed by atoms with van der Waals surface area (Å²) >= 11 is 0. The van der Waals surface area contributed by atoms with E-state index in [4.69, 9.17) is 14.2 Å². The minimum absolute atomic E-state index is 0.0847. The third kappa shape index (κ3) is 3.70. The van der Waals surface area contributed by atoms with Gasteiger partial charge in [0.25, 0.3) is 0 Å². The van der Waals surface area contributed by atoms with Gasteiger partial charge in [-0.2, -0.15) is 0 Å². The van der Waals surface area contributed by atoms with Crippen molar-refractivity contribution in [2.24, 2.45) is 0 Å². The van der Waals surface area contributed by atoms with Gasteiger partial charge in [0, 0.05) is 36.0 Å². The van der Waals surface area contributed by atoms with Crippen LogP contribution in [0.3, 0.4) is 0 Å². The van der Waals surface area contributed by atoms with Gasteiger partial charge in [0.2, 0.25) is 0 Å². The SMILES string of the molecule is Cc1cccc(C)c1OC1Cc2c1c1c(c3c2[C@H](Oc2c(C)cccc2C)C3)[C@H](Oc2c(C)cccc2C)C1. The van der Waals surface area contributed by atoms with Crippen molar-refractivity contribution < 1.29 is 14.2 Å². The first-order chi connectivity index (χ1) is 18.8. The van der Waals surface area contributed by atoms with E-state index in [0.717, 1.165) is 36.5 Å². The van der Waals surface area contributed by atoms with Crippen molar-refractivity contribution in [3.8, 4) is 17.2 Å². The quantitative estimate of drug-likeness (QED) is 0.257. The number of ether oxygens (including phenoxy) is 3. The number of fused-ring (bicyclic) bond motifs is 6. The molecule has 3 atom stereocenters. The molecule has 4 aromatic rings. The third-order valence-corrected chi connectivity index (χ3v) is 9.09. The van der Waals surface area contributed by atoms with Crippen molar-refractivity contribution in [3.05, 3.63) is 121 Å². The Morgan fingerprint density at radius 2 is 0.641 bits per heavy atom. The Labute approximate surface area is 231 Å². The molecule has 0 aliphatic heterocycles. The standard InChI is InChI=1S/C36H36O3/c1-19-10-7-11-20(2)34(19)37-28-16-25-31(28)26-17-29(38-35-21(3)12-8-13-22(35)4)33(26)27-18-30(32(25)27)39-36-23(5)14-9-15-24(36)6/h7-15,28-30H,16-18H2,1-6H3/t28-,29-,30?/m1/s1. The maximum atomic E-state index is 6.73. The number of aryl methyl sites for hydroxylation is 6. The van der Waals surface area contributed by atoms with Gasteiger partial charge in [0.1, 0.15) is 35.6 Å². The van der Waals surface area contributed by atoms with Gasteiger partial charge in [0.15, 0.2) is 0 Å². The van der Waals surface area contributed by atoms with Gasteiger partial charge in [-0.05, 0) is 91.6 Å². The van der Waals surface area contributed by atoms with Crippen LogP contribution in [0.1, 0.15) is 85.1 Å². The Morgan fingerprint density at radius 1 is 0.410 bits per heavy atom. The number of rotatable bonds is 6. The molecule has 39 heavy (non-hydrogen) atoms. The smallest absolute Gasteiger partial charge is 0.128 e. The van der Waals surface area contributed by atoms with Crippen LogP contribution in [0.25, 0.3) is 0 Å². The van der Waals surface area contributed by atoms with E-state index < -0.39 is 0 Å². The van der Waals surface area contributed by atoms with E-state index in [1.54, 1.807) is 0 Å². The van der Waals surface area contributed by atoms with E-state index in [-0.39, 0.29) is 18.3 Å². The number of benzene rings is 4. The Bertz CT molecular complexity index is 1370. The van der Waals surface area contributed by atoms with Crippen LogP contribution in [-0.4, -0.2) is 0 Å². The molecule has 1 unspecified atom stereocenters. The van der Waals surface area contributed by atoms with Gasteiger partial charge in [-0.3, -0.25) is 0 Å². The summed E-state index contributed by atoms with van der Waals surface area (Å²) in [5, 5.41) is 0. The molecular weight excluding hydrogens is 480 g/mol. The van der Waals surface area contributed by atoms with Gasteiger partial charge in [-0.25, -0.2) is 0 Å². The van der Waals surface area contributed by atoms with Crippen molar-refractivity contribution in [3.63, 3.8) is 0 Å². The molecule has 3 heteroatoms. The lowest BCUT2D eigenvalue weighted by atomic mass is 9.62. The van der Waals surface area contributed by atoms with Crippen LogP contribution in [0.15, 0.2) is 54.6 Å². The molecule has 3 nitrogen and oxygen atoms in total. The fourth-order valence-electron chi connectivity index (χ4n) is 6.96. The Morgan fingerprint density at radius 3 is 0.872 bits per heavy atom. The predicted molar refractivity (Wildman–Crippen MR) is 155 cm³/mol. The summed E-state index contributed by atoms with van der Waals surface area (Å²) in [7, 11) is 0. The van der Waals surface area contributed by atoms with Gasteiger partial charge in [-0.15, -0.1) is 0 Å². The van der Waals surface area contributed by atoms with E-state index in [2.05, 4.69) is 96.1 Å². The molecule has 0 saturated carbocycles. The summed E-state index contributed by atoms with van der Waals surface area (Å²) < 4.78 is 20.2. The minimum Gasteiger partial charge on any atom is -0.485 e. The normalized spacial score (nSPS) is 20.0. The van der Waals surface area contributed by atoms with E-state index in [0.29, 0.717) is 0 Å². The Hall–Kier alpha value is -3.72. The maximum Gasteiger partial charge on any atom is 0.128 e. The highest BCUT2D eigenvalue weighted by Crippen LogP contribution is 2.58. The van der Waals surface area contributed by atoms with E-state index in [9.17, 15) is 0 Å². The molecule has 0 heterocycles. The highest BCUT2D eigenvalue weighted by Gasteiger charge is 2.49. The summed E-state index contributed by atoms with van der Waals surface area (Å²) in [5.74, 6) is 3.07. The molecule has 198 valence electrons. The van der Waals surface area contributed by atoms with Crippen molar-refractivity contribution in [2.75, 3.05) is 0 Å². The molecule has 0 aromatic heterocycles. The van der Waals surface area contributed by atoms with Crippen LogP contribution < -0.4 is 14.2 Å². The van der Waals surface area contributed by atoms with Crippen molar-refractivity contribution in [1.29, 1.82) is 0 Å². The maximum absolute atomic E-state index is 6.73. The second kappa shape index (κ2) is 8.91. The molecule has 0 radical (unpaired) electrons. The first-order valence-electron chi connectivity index (χ1n) is 14.2. The first kappa shape index (κ1) is 24.3. The molecule has 3 aliphatic rings. The highest BCUT2D eigenvalue weighted by atomic mass is 16.5. The zero-order valence-corrected chi connectivity index (χ0v) is 23.8. The molecule has 0 fully saturated rings. The van der Waals surface area contributed by atoms with Crippen molar-refractivity contribution in [2.45, 2.75) is 79.1 Å². The average molecular weight is 517 g/mol. The van der Waals surface area contributed by atoms with Crippen LogP contribution >= 0.6 is 0 Å². The lowest BCUT2D eigenvalue weighted by molar-refractivity contribution is 0.133. The Kier molecular flexibility index (Phi) is 5.56. The van der Waals surface area contributed by atoms with Gasteiger partial charge in [-0.1, -0.05) is 54.6 Å². The largest absolute Gasteiger partial charge is 0.485 e. The molecule has 0 bridgehead atoms. The number of hydrogen-bond donors (Lipinski definition) is 0. The van der Waals surface area contributed by atoms with Crippen LogP contribution in [0.4, 0.5) is 0 Å². The molecule has 0 spiro atoms. The van der Waals surface area contributed by atoms with E-state index in [1.165, 1.54) is 66.8 Å². The van der Waals surface area contributed by atoms with Gasteiger partial charge >= 0.3 is 0 Å². The summed E-state index contributed by atoms with van der Waals surface area (Å²) in [6.45, 7) is 12.8. The number of para-hydroxylation sites is 3. The van der Waals surface area contributed by atoms with E-state index >= 15 is 0 Å². The lowest BCUT2D eigenvalue weighted by Crippen LogP contribution is -2.41. The van der Waals surface area contributed by atoms with Gasteiger partial charge in [0.05, 0.1) is 0 Å². The molecule has 4 aromatic carbocycles. The minimum atomic E-state index is 0.0847. The summed E-state index contributed by atoms with van der Waals surface area (Å²) in [6.07, 6.45) is 3.07. The van der Waals surface area contributed by atoms with Crippen LogP contribution in [0.5, 0.6) is 17.2 Å². The lowest BCUT2D eigenvalue weighted by Gasteiger charge is -2.49. The van der Waals surface area contributed by atoms with Gasteiger partial charge < -0.3 is 14.2 Å². The molecule has 7 rings (SSSR count). The Balaban J connectivity index is 1.27. The molecular formula is C36H36O3. The summed E-state index contributed by atoms with van der Waals surface area (Å²) in [6, 6.07) is 19.1. The van der Waals surface area contributed by atoms with Crippen LogP contribution in [-0.2, 0) is 19.3 Å². The second-order valence-electron chi connectivity index (χ2n) is 11.8. The summed E-state index contributed by atoms with van der Waals surface area (Å²) in [4.78, 5) is 0. The average Bonchev–Trinajstić information content (AvgIpc) is 2.86. The zero-order chi connectivity index (χ0) is 27.0. The fraction of sp³-hybridized carbons (Fsp3) is 0.333. The predicted octanol–water partition coefficient (Wildman–Crippen LogP) is 8.57. The molecule has 0 saturated heterocycles. The second-order valence-corrected chi connectivity index (χ2v) is 11.8.